The summed E-state index contributed by atoms with van der Waals surface area (Å²) in [4.78, 5) is 11.2. The summed E-state index contributed by atoms with van der Waals surface area (Å²) in [7, 11) is -8.62. The van der Waals surface area contributed by atoms with Crippen molar-refractivity contribution in [3.63, 3.8) is 0 Å². The zero-order valence-electron chi connectivity index (χ0n) is 15.4. The third-order valence-corrected chi connectivity index (χ3v) is 6.65. The normalized spacial score (nSPS) is 12.7. The summed E-state index contributed by atoms with van der Waals surface area (Å²) in [5.41, 5.74) is 0.529. The molecule has 2 aromatic carbocycles. The summed E-state index contributed by atoms with van der Waals surface area (Å²) < 4.78 is 89.4. The highest BCUT2D eigenvalue weighted by molar-refractivity contribution is 7.94. The summed E-state index contributed by atoms with van der Waals surface area (Å²) in [5, 5.41) is 5.04. The van der Waals surface area contributed by atoms with E-state index in [9.17, 15) is 34.8 Å². The molecular weight excluding hydrogens is 447 g/mol. The zero-order chi connectivity index (χ0) is 22.6. The van der Waals surface area contributed by atoms with Gasteiger partial charge in [0.1, 0.15) is 10.6 Å². The van der Waals surface area contributed by atoms with Gasteiger partial charge in [-0.1, -0.05) is 36.4 Å². The molecule has 12 heteroatoms. The Bertz CT molecular complexity index is 1110. The van der Waals surface area contributed by atoms with Gasteiger partial charge >= 0.3 is 6.18 Å². The Kier molecular flexibility index (Phi) is 7.40. The highest BCUT2D eigenvalue weighted by Crippen LogP contribution is 2.22. The van der Waals surface area contributed by atoms with Crippen molar-refractivity contribution < 1.29 is 39.5 Å². The van der Waals surface area contributed by atoms with E-state index < -0.39 is 60.4 Å². The molecule has 0 heterocycles. The summed E-state index contributed by atoms with van der Waals surface area (Å²) in [5.74, 6) is -1.77. The summed E-state index contributed by atoms with van der Waals surface area (Å²) in [6, 6.07) is 10.1. The molecule has 0 aliphatic rings. The van der Waals surface area contributed by atoms with E-state index in [1.54, 1.807) is 0 Å². The lowest BCUT2D eigenvalue weighted by Crippen LogP contribution is -2.21. The van der Waals surface area contributed by atoms with Crippen LogP contribution in [0.15, 0.2) is 58.3 Å². The molecule has 0 aromatic heterocycles. The van der Waals surface area contributed by atoms with Crippen molar-refractivity contribution in [2.75, 3.05) is 12.4 Å². The number of ketones is 1. The number of rotatable bonds is 9. The number of primary sulfonamides is 1. The molecule has 0 saturated heterocycles. The Balaban J connectivity index is 2.08. The molecule has 0 unspecified atom stereocenters. The molecule has 0 spiro atoms. The number of sulfone groups is 1. The molecule has 0 aliphatic carbocycles. The van der Waals surface area contributed by atoms with E-state index in [0.717, 1.165) is 12.1 Å². The van der Waals surface area contributed by atoms with Gasteiger partial charge < -0.3 is 4.74 Å². The molecule has 2 rings (SSSR count). The highest BCUT2D eigenvalue weighted by Gasteiger charge is 2.27. The van der Waals surface area contributed by atoms with Gasteiger partial charge in [-0.25, -0.2) is 22.0 Å². The summed E-state index contributed by atoms with van der Waals surface area (Å²) >= 11 is 0. The lowest BCUT2D eigenvalue weighted by Gasteiger charge is -2.09. The zero-order valence-corrected chi connectivity index (χ0v) is 17.1. The van der Waals surface area contributed by atoms with Gasteiger partial charge in [0.05, 0.1) is 24.5 Å². The van der Waals surface area contributed by atoms with Crippen molar-refractivity contribution in [2.45, 2.75) is 29.0 Å². The number of Topliss-reactive ketones (excluding diaryl/α,β-unsaturated/α-hetero) is 1. The fraction of sp³-hybridized carbons (Fsp3) is 0.278. The average Bonchev–Trinajstić information content (AvgIpc) is 2.64. The third kappa shape index (κ3) is 6.90. The molecule has 164 valence electrons. The number of sulfonamides is 1. The monoisotopic (exact) mass is 465 g/mol. The van der Waals surface area contributed by atoms with Gasteiger partial charge in [0.25, 0.3) is 0 Å². The molecule has 7 nitrogen and oxygen atoms in total. The van der Waals surface area contributed by atoms with Crippen molar-refractivity contribution >= 4 is 25.6 Å². The fourth-order valence-electron chi connectivity index (χ4n) is 2.44. The SMILES string of the molecule is NS(=O)(=O)c1ccccc1S(=O)(=O)CC(=O)c1ccc(COCCC(F)(F)F)cc1. The lowest BCUT2D eigenvalue weighted by molar-refractivity contribution is -0.146. The van der Waals surface area contributed by atoms with Crippen LogP contribution in [0.1, 0.15) is 22.3 Å². The number of carbonyl (C=O) groups is 1. The van der Waals surface area contributed by atoms with Crippen LogP contribution in [-0.4, -0.2) is 41.2 Å². The number of halogens is 3. The topological polar surface area (TPSA) is 121 Å². The van der Waals surface area contributed by atoms with Gasteiger partial charge in [0, 0.05) is 5.56 Å². The molecule has 0 fully saturated rings. The molecule has 2 N–H and O–H groups in total. The molecule has 0 aliphatic heterocycles. The van der Waals surface area contributed by atoms with Crippen LogP contribution in [-0.2, 0) is 31.2 Å². The number of benzene rings is 2. The summed E-state index contributed by atoms with van der Waals surface area (Å²) in [6.45, 7) is -0.615. The highest BCUT2D eigenvalue weighted by atomic mass is 32.2. The second-order valence-electron chi connectivity index (χ2n) is 6.29. The molecule has 0 atom stereocenters. The van der Waals surface area contributed by atoms with Crippen LogP contribution >= 0.6 is 0 Å². The van der Waals surface area contributed by atoms with Gasteiger partial charge in [0.2, 0.25) is 10.0 Å². The molecule has 30 heavy (non-hydrogen) atoms. The van der Waals surface area contributed by atoms with Crippen LogP contribution in [0, 0.1) is 0 Å². The van der Waals surface area contributed by atoms with Gasteiger partial charge in [-0.2, -0.15) is 13.2 Å². The van der Waals surface area contributed by atoms with E-state index in [1.807, 2.05) is 0 Å². The quantitative estimate of drug-likeness (QED) is 0.449. The van der Waals surface area contributed by atoms with Gasteiger partial charge in [-0.05, 0) is 17.7 Å². The Morgan fingerprint density at radius 2 is 1.50 bits per heavy atom. The van der Waals surface area contributed by atoms with Gasteiger partial charge in [-0.15, -0.1) is 0 Å². The number of nitrogens with two attached hydrogens (primary N) is 1. The molecule has 0 amide bonds. The predicted molar refractivity (Wildman–Crippen MR) is 101 cm³/mol. The minimum Gasteiger partial charge on any atom is -0.376 e. The maximum absolute atomic E-state index is 12.6. The van der Waals surface area contributed by atoms with Crippen LogP contribution in [0.25, 0.3) is 0 Å². The van der Waals surface area contributed by atoms with E-state index in [-0.39, 0.29) is 12.2 Å². The Labute approximate surface area is 171 Å². The Hall–Kier alpha value is -2.28. The molecular formula is C18H18F3NO6S2. The van der Waals surface area contributed by atoms with Crippen molar-refractivity contribution in [1.29, 1.82) is 0 Å². The first-order valence-electron chi connectivity index (χ1n) is 8.41. The second kappa shape index (κ2) is 9.25. The minimum atomic E-state index is -4.32. The van der Waals surface area contributed by atoms with Gasteiger partial charge in [0.15, 0.2) is 15.6 Å². The van der Waals surface area contributed by atoms with E-state index in [0.29, 0.717) is 5.56 Å². The van der Waals surface area contributed by atoms with Gasteiger partial charge in [-0.3, -0.25) is 4.79 Å². The smallest absolute Gasteiger partial charge is 0.376 e. The first kappa shape index (κ1) is 24.0. The van der Waals surface area contributed by atoms with Crippen LogP contribution in [0.3, 0.4) is 0 Å². The van der Waals surface area contributed by atoms with E-state index in [1.165, 1.54) is 36.4 Å². The largest absolute Gasteiger partial charge is 0.391 e. The Morgan fingerprint density at radius 3 is 2.03 bits per heavy atom. The number of hydrogen-bond donors (Lipinski definition) is 1. The maximum atomic E-state index is 12.6. The van der Waals surface area contributed by atoms with Crippen LogP contribution < -0.4 is 5.14 Å². The first-order chi connectivity index (χ1) is 13.8. The van der Waals surface area contributed by atoms with E-state index >= 15 is 0 Å². The minimum absolute atomic E-state index is 0.0331. The Morgan fingerprint density at radius 1 is 0.933 bits per heavy atom. The number of carbonyl (C=O) groups excluding carboxylic acids is 1. The van der Waals surface area contributed by atoms with Crippen molar-refractivity contribution in [2.24, 2.45) is 5.14 Å². The van der Waals surface area contributed by atoms with Crippen molar-refractivity contribution in [3.05, 3.63) is 59.7 Å². The fourth-order valence-corrected chi connectivity index (χ4v) is 5.11. The molecule has 0 saturated carbocycles. The van der Waals surface area contributed by atoms with Crippen molar-refractivity contribution in [1.82, 2.24) is 0 Å². The van der Waals surface area contributed by atoms with Crippen LogP contribution in [0.2, 0.25) is 0 Å². The van der Waals surface area contributed by atoms with E-state index in [4.69, 9.17) is 9.88 Å². The standard InChI is InChI=1S/C18H18F3NO6S2/c19-18(20,21)9-10-28-11-13-5-7-14(8-6-13)15(23)12-29(24,25)16-3-1-2-4-17(16)30(22,26)27/h1-8H,9-12H2,(H2,22,26,27). The maximum Gasteiger partial charge on any atom is 0.391 e. The predicted octanol–water partition coefficient (Wildman–Crippen LogP) is 2.46. The second-order valence-corrected chi connectivity index (χ2v) is 9.78. The van der Waals surface area contributed by atoms with Crippen LogP contribution in [0.4, 0.5) is 13.2 Å². The van der Waals surface area contributed by atoms with Crippen molar-refractivity contribution in [3.8, 4) is 0 Å². The molecule has 0 bridgehead atoms. The number of ether oxygens (including phenoxy) is 1. The van der Waals surface area contributed by atoms with E-state index in [2.05, 4.69) is 0 Å². The molecule has 0 radical (unpaired) electrons. The average molecular weight is 465 g/mol. The summed E-state index contributed by atoms with van der Waals surface area (Å²) in [6.07, 6.45) is -5.40. The first-order valence-corrected chi connectivity index (χ1v) is 11.6. The van der Waals surface area contributed by atoms with Crippen LogP contribution in [0.5, 0.6) is 0 Å². The lowest BCUT2D eigenvalue weighted by atomic mass is 10.1. The number of alkyl halides is 3. The molecule has 2 aromatic rings. The number of hydrogen-bond acceptors (Lipinski definition) is 6. The third-order valence-electron chi connectivity index (χ3n) is 3.89.